The van der Waals surface area contributed by atoms with Gasteiger partial charge < -0.3 is 14.0 Å². The number of unbranched alkanes of at least 4 members (excludes halogenated alkanes) is 24. The molecule has 0 radical (unpaired) electrons. The first-order valence-electron chi connectivity index (χ1n) is 21.0. The molecule has 1 aromatic carbocycles. The molecule has 0 saturated carbocycles. The molecular formula is C44H73NaO7S. The number of esters is 2. The summed E-state index contributed by atoms with van der Waals surface area (Å²) in [5, 5.41) is 0. The molecule has 1 rings (SSSR count). The molecule has 53 heavy (non-hydrogen) atoms. The molecule has 0 spiro atoms. The third kappa shape index (κ3) is 29.5. The molecule has 0 saturated heterocycles. The first-order chi connectivity index (χ1) is 25.3. The van der Waals surface area contributed by atoms with Crippen LogP contribution in [0.3, 0.4) is 0 Å². The van der Waals surface area contributed by atoms with Crippen LogP contribution in [0.2, 0.25) is 0 Å². The number of benzene rings is 1. The zero-order valence-electron chi connectivity index (χ0n) is 34.0. The van der Waals surface area contributed by atoms with Crippen LogP contribution in [0.5, 0.6) is 0 Å². The molecular weight excluding hydrogens is 696 g/mol. The van der Waals surface area contributed by atoms with Gasteiger partial charge in [0.05, 0.1) is 29.2 Å². The number of carbonyl (C=O) groups excluding carboxylic acids is 2. The van der Waals surface area contributed by atoms with Crippen LogP contribution >= 0.6 is 0 Å². The van der Waals surface area contributed by atoms with Gasteiger partial charge in [0, 0.05) is 0 Å². The summed E-state index contributed by atoms with van der Waals surface area (Å²) in [6.07, 6.45) is 42.2. The summed E-state index contributed by atoms with van der Waals surface area (Å²) in [5.74, 6) is -1.57. The monoisotopic (exact) mass is 768 g/mol. The van der Waals surface area contributed by atoms with Crippen LogP contribution in [0, 0.1) is 0 Å². The van der Waals surface area contributed by atoms with Crippen molar-refractivity contribution in [1.29, 1.82) is 0 Å². The van der Waals surface area contributed by atoms with Gasteiger partial charge in [0.25, 0.3) is 0 Å². The van der Waals surface area contributed by atoms with E-state index in [1.54, 1.807) is 0 Å². The minimum atomic E-state index is -4.82. The van der Waals surface area contributed by atoms with Gasteiger partial charge >= 0.3 is 41.5 Å². The summed E-state index contributed by atoms with van der Waals surface area (Å²) in [6.45, 7) is 4.84. The van der Waals surface area contributed by atoms with E-state index in [1.807, 2.05) is 0 Å². The fourth-order valence-electron chi connectivity index (χ4n) is 6.21. The summed E-state index contributed by atoms with van der Waals surface area (Å²) >= 11 is 0. The molecule has 0 bridgehead atoms. The molecule has 0 aliphatic heterocycles. The summed E-state index contributed by atoms with van der Waals surface area (Å²) in [7, 11) is -4.82. The molecule has 0 amide bonds. The van der Waals surface area contributed by atoms with E-state index < -0.39 is 27.0 Å². The Morgan fingerprint density at radius 1 is 0.509 bits per heavy atom. The number of allylic oxidation sites excluding steroid dienone is 4. The van der Waals surface area contributed by atoms with Crippen molar-refractivity contribution in [3.8, 4) is 0 Å². The number of rotatable bonds is 35. The van der Waals surface area contributed by atoms with E-state index in [0.29, 0.717) is 12.8 Å². The van der Waals surface area contributed by atoms with E-state index in [-0.39, 0.29) is 53.9 Å². The van der Waals surface area contributed by atoms with Crippen LogP contribution in [-0.4, -0.2) is 38.1 Å². The maximum atomic E-state index is 12.9. The quantitative estimate of drug-likeness (QED) is 0.0222. The first kappa shape index (κ1) is 51.5. The second-order valence-electron chi connectivity index (χ2n) is 14.3. The van der Waals surface area contributed by atoms with Crippen LogP contribution < -0.4 is 29.6 Å². The number of hydrogen-bond donors (Lipinski definition) is 0. The standard InChI is InChI=1S/C44H74O7S.Na/c1-3-5-7-9-11-13-15-17-19-21-23-25-27-29-31-33-37-50-43(45)41-36-35-40(52(47,48)49)39-42(41)44(46)51-38-34-32-30-28-26-24-22-20-18-16-14-12-10-8-6-4-2;/h19-22,35-36,39H,3-18,23-34,37-38H2,1-2H3,(H,47,48,49);/q;+1/p-1/b21-19+,22-20+;. The average Bonchev–Trinajstić information content (AvgIpc) is 3.13. The topological polar surface area (TPSA) is 110 Å². The summed E-state index contributed by atoms with van der Waals surface area (Å²) in [4.78, 5) is 25.2. The molecule has 0 heterocycles. The summed E-state index contributed by atoms with van der Waals surface area (Å²) in [6, 6.07) is 3.11. The molecule has 9 heteroatoms. The second-order valence-corrected chi connectivity index (χ2v) is 15.7. The van der Waals surface area contributed by atoms with Gasteiger partial charge in [-0.25, -0.2) is 18.0 Å². The molecule has 7 nitrogen and oxygen atoms in total. The number of carbonyl (C=O) groups is 2. The third-order valence-electron chi connectivity index (χ3n) is 9.50. The zero-order chi connectivity index (χ0) is 38.0. The zero-order valence-corrected chi connectivity index (χ0v) is 36.8. The van der Waals surface area contributed by atoms with Crippen LogP contribution in [-0.2, 0) is 19.6 Å². The normalized spacial score (nSPS) is 11.7. The Balaban J connectivity index is 0.0000270. The maximum absolute atomic E-state index is 12.9. The first-order valence-corrected chi connectivity index (χ1v) is 22.5. The Kier molecular flexibility index (Phi) is 35.2. The fourth-order valence-corrected chi connectivity index (χ4v) is 6.71. The Morgan fingerprint density at radius 3 is 1.19 bits per heavy atom. The molecule has 0 aliphatic rings. The second kappa shape index (κ2) is 36.2. The minimum Gasteiger partial charge on any atom is -0.744 e. The Labute approximate surface area is 347 Å². The van der Waals surface area contributed by atoms with Gasteiger partial charge in [-0.05, 0) is 82.4 Å². The summed E-state index contributed by atoms with van der Waals surface area (Å²) in [5.41, 5.74) is -0.356. The molecule has 0 atom stereocenters. The Bertz CT molecular complexity index is 1210. The Morgan fingerprint density at radius 2 is 0.830 bits per heavy atom. The van der Waals surface area contributed by atoms with Crippen LogP contribution in [0.25, 0.3) is 0 Å². The van der Waals surface area contributed by atoms with Crippen LogP contribution in [0.4, 0.5) is 0 Å². The fraction of sp³-hybridized carbons (Fsp3) is 0.727. The van der Waals surface area contributed by atoms with Gasteiger partial charge in [-0.1, -0.05) is 154 Å². The molecule has 0 unspecified atom stereocenters. The van der Waals surface area contributed by atoms with E-state index in [0.717, 1.165) is 82.4 Å². The Hall–Kier alpha value is -1.45. The maximum Gasteiger partial charge on any atom is 1.00 e. The predicted molar refractivity (Wildman–Crippen MR) is 214 cm³/mol. The van der Waals surface area contributed by atoms with Crippen molar-refractivity contribution in [1.82, 2.24) is 0 Å². The third-order valence-corrected chi connectivity index (χ3v) is 10.3. The van der Waals surface area contributed by atoms with E-state index in [1.165, 1.54) is 103 Å². The van der Waals surface area contributed by atoms with Gasteiger partial charge in [-0.15, -0.1) is 0 Å². The van der Waals surface area contributed by atoms with E-state index in [4.69, 9.17) is 9.47 Å². The summed E-state index contributed by atoms with van der Waals surface area (Å²) < 4.78 is 45.7. The number of ether oxygens (including phenoxy) is 2. The molecule has 1 aromatic rings. The van der Waals surface area contributed by atoms with Crippen molar-refractivity contribution < 1.29 is 61.6 Å². The van der Waals surface area contributed by atoms with Crippen molar-refractivity contribution in [3.05, 3.63) is 53.6 Å². The van der Waals surface area contributed by atoms with E-state index in [2.05, 4.69) is 38.2 Å². The molecule has 0 aromatic heterocycles. The van der Waals surface area contributed by atoms with Crippen molar-refractivity contribution in [2.75, 3.05) is 13.2 Å². The molecule has 0 fully saturated rings. The smallest absolute Gasteiger partial charge is 0.744 e. The number of hydrogen-bond acceptors (Lipinski definition) is 7. The minimum absolute atomic E-state index is 0. The predicted octanol–water partition coefficient (Wildman–Crippen LogP) is 9.98. The molecule has 0 aliphatic carbocycles. The average molecular weight is 769 g/mol. The van der Waals surface area contributed by atoms with Gasteiger partial charge in [0.15, 0.2) is 0 Å². The van der Waals surface area contributed by atoms with Gasteiger partial charge in [0.1, 0.15) is 10.1 Å². The van der Waals surface area contributed by atoms with Crippen LogP contribution in [0.15, 0.2) is 47.4 Å². The largest absolute Gasteiger partial charge is 1.00 e. The van der Waals surface area contributed by atoms with Crippen molar-refractivity contribution in [2.45, 2.75) is 199 Å². The van der Waals surface area contributed by atoms with Crippen molar-refractivity contribution >= 4 is 22.1 Å². The SMILES string of the molecule is CCCCCCCCC/C=C/CCCCCCCOC(=O)c1ccc(S(=O)(=O)[O-])cc1C(=O)OCCCCCCC/C=C/CCCCCCCCC.[Na+]. The van der Waals surface area contributed by atoms with Gasteiger partial charge in [0.2, 0.25) is 0 Å². The van der Waals surface area contributed by atoms with Crippen molar-refractivity contribution in [2.24, 2.45) is 0 Å². The van der Waals surface area contributed by atoms with E-state index in [9.17, 15) is 22.6 Å². The van der Waals surface area contributed by atoms with Gasteiger partial charge in [-0.2, -0.15) is 0 Å². The van der Waals surface area contributed by atoms with Crippen LogP contribution in [0.1, 0.15) is 214 Å². The van der Waals surface area contributed by atoms with Crippen molar-refractivity contribution in [3.63, 3.8) is 0 Å². The molecule has 298 valence electrons. The van der Waals surface area contributed by atoms with Gasteiger partial charge in [-0.3, -0.25) is 0 Å². The molecule has 0 N–H and O–H groups in total. The van der Waals surface area contributed by atoms with E-state index >= 15 is 0 Å².